The molecule has 2 unspecified atom stereocenters. The third-order valence-electron chi connectivity index (χ3n) is 7.31. The topological polar surface area (TPSA) is 181 Å². The Hall–Kier alpha value is -4.49. The molecule has 44 heavy (non-hydrogen) atoms. The number of likely N-dealkylation sites (N-methyl/N-ethyl adjacent to an activating group) is 1. The van der Waals surface area contributed by atoms with Crippen LogP contribution >= 0.6 is 0 Å². The smallest absolute Gasteiger partial charge is 0.407 e. The lowest BCUT2D eigenvalue weighted by atomic mass is 9.98. The minimum absolute atomic E-state index is 0.0264. The molecule has 1 aliphatic rings. The molecule has 0 spiro atoms. The van der Waals surface area contributed by atoms with Gasteiger partial charge in [-0.05, 0) is 35.6 Å². The van der Waals surface area contributed by atoms with Crippen LogP contribution in [0.4, 0.5) is 4.79 Å². The Morgan fingerprint density at radius 3 is 2.05 bits per heavy atom. The number of ether oxygens (including phenoxy) is 3. The fourth-order valence-corrected chi connectivity index (χ4v) is 4.73. The summed E-state index contributed by atoms with van der Waals surface area (Å²) in [5.41, 5.74) is 4.24. The molecule has 0 saturated carbocycles. The highest BCUT2D eigenvalue weighted by atomic mass is 16.5. The molecule has 1 aliphatic carbocycles. The van der Waals surface area contributed by atoms with Crippen LogP contribution in [-0.2, 0) is 33.4 Å². The quantitative estimate of drug-likeness (QED) is 0.182. The van der Waals surface area contributed by atoms with Crippen LogP contribution in [-0.4, -0.2) is 104 Å². The van der Waals surface area contributed by atoms with Gasteiger partial charge in [-0.2, -0.15) is 0 Å². The molecule has 3 rings (SSSR count). The average molecular weight is 614 g/mol. The summed E-state index contributed by atoms with van der Waals surface area (Å²) in [4.78, 5) is 60.6. The summed E-state index contributed by atoms with van der Waals surface area (Å²) < 4.78 is 16.2. The summed E-state index contributed by atoms with van der Waals surface area (Å²) in [6.45, 7) is 2.17. The van der Waals surface area contributed by atoms with E-state index in [4.69, 9.17) is 24.4 Å². The Labute approximate surface area is 255 Å². The van der Waals surface area contributed by atoms with E-state index in [-0.39, 0.29) is 70.7 Å². The Kier molecular flexibility index (Phi) is 13.1. The molecule has 0 aliphatic heterocycles. The van der Waals surface area contributed by atoms with Gasteiger partial charge in [0.15, 0.2) is 0 Å². The van der Waals surface area contributed by atoms with Gasteiger partial charge in [0.05, 0.1) is 32.8 Å². The zero-order chi connectivity index (χ0) is 32.1. The van der Waals surface area contributed by atoms with Gasteiger partial charge < -0.3 is 40.0 Å². The van der Waals surface area contributed by atoms with Crippen molar-refractivity contribution < 1.29 is 48.4 Å². The number of amides is 3. The van der Waals surface area contributed by atoms with Crippen molar-refractivity contribution in [2.75, 3.05) is 46.6 Å². The average Bonchev–Trinajstić information content (AvgIpc) is 3.33. The van der Waals surface area contributed by atoms with Crippen LogP contribution in [0.2, 0.25) is 0 Å². The van der Waals surface area contributed by atoms with Gasteiger partial charge in [-0.3, -0.25) is 14.4 Å². The molecule has 0 heterocycles. The Bertz CT molecular complexity index is 1270. The van der Waals surface area contributed by atoms with Crippen LogP contribution < -0.4 is 10.6 Å². The maximum Gasteiger partial charge on any atom is 0.407 e. The molecule has 13 nitrogen and oxygen atoms in total. The molecule has 13 heteroatoms. The number of carboxylic acids is 2. The highest BCUT2D eigenvalue weighted by molar-refractivity contribution is 5.86. The predicted molar refractivity (Wildman–Crippen MR) is 158 cm³/mol. The van der Waals surface area contributed by atoms with Crippen LogP contribution in [0.25, 0.3) is 11.1 Å². The van der Waals surface area contributed by atoms with E-state index >= 15 is 0 Å². The number of aliphatic carboxylic acids is 2. The second kappa shape index (κ2) is 17.0. The molecule has 0 bridgehead atoms. The minimum atomic E-state index is -1.12. The molecule has 3 amide bonds. The number of fused-ring (bicyclic) bond motifs is 3. The van der Waals surface area contributed by atoms with Crippen LogP contribution in [0.1, 0.15) is 43.2 Å². The predicted octanol–water partition coefficient (Wildman–Crippen LogP) is 2.23. The van der Waals surface area contributed by atoms with Crippen molar-refractivity contribution in [3.05, 3.63) is 59.7 Å². The second-order valence-electron chi connectivity index (χ2n) is 10.2. The maximum atomic E-state index is 12.7. The van der Waals surface area contributed by atoms with E-state index in [0.717, 1.165) is 27.2 Å². The molecule has 238 valence electrons. The first-order chi connectivity index (χ1) is 21.1. The molecule has 0 saturated heterocycles. The number of hydrogen-bond acceptors (Lipinski definition) is 8. The summed E-state index contributed by atoms with van der Waals surface area (Å²) >= 11 is 0. The normalized spacial score (nSPS) is 13.2. The Morgan fingerprint density at radius 2 is 1.45 bits per heavy atom. The van der Waals surface area contributed by atoms with Gasteiger partial charge in [-0.15, -0.1) is 0 Å². The van der Waals surface area contributed by atoms with Gasteiger partial charge in [0, 0.05) is 25.9 Å². The lowest BCUT2D eigenvalue weighted by molar-refractivity contribution is -0.148. The lowest BCUT2D eigenvalue weighted by Gasteiger charge is -2.21. The largest absolute Gasteiger partial charge is 0.481 e. The number of alkyl carbamates (subject to hydrolysis) is 1. The molecule has 2 aromatic rings. The van der Waals surface area contributed by atoms with Crippen LogP contribution in [0.5, 0.6) is 0 Å². The molecular formula is C31H39N3O10. The first-order valence-corrected chi connectivity index (χ1v) is 14.3. The van der Waals surface area contributed by atoms with Gasteiger partial charge in [0.1, 0.15) is 18.7 Å². The van der Waals surface area contributed by atoms with Gasteiger partial charge in [0.25, 0.3) is 0 Å². The van der Waals surface area contributed by atoms with Crippen molar-refractivity contribution in [2.45, 2.75) is 44.2 Å². The number of rotatable bonds is 18. The number of carbonyl (C=O) groups is 5. The van der Waals surface area contributed by atoms with E-state index in [0.29, 0.717) is 0 Å². The molecule has 0 fully saturated rings. The number of benzene rings is 2. The second-order valence-corrected chi connectivity index (χ2v) is 10.2. The van der Waals surface area contributed by atoms with Crippen molar-refractivity contribution in [3.8, 4) is 11.1 Å². The number of hydrogen-bond donors (Lipinski definition) is 4. The lowest BCUT2D eigenvalue weighted by Crippen LogP contribution is -2.48. The maximum absolute atomic E-state index is 12.7. The van der Waals surface area contributed by atoms with Crippen LogP contribution in [0.15, 0.2) is 48.5 Å². The van der Waals surface area contributed by atoms with Crippen LogP contribution in [0, 0.1) is 0 Å². The van der Waals surface area contributed by atoms with E-state index < -0.39 is 36.0 Å². The monoisotopic (exact) mass is 613 g/mol. The molecule has 2 aromatic carbocycles. The van der Waals surface area contributed by atoms with E-state index in [1.54, 1.807) is 0 Å². The van der Waals surface area contributed by atoms with Gasteiger partial charge in [0.2, 0.25) is 11.8 Å². The van der Waals surface area contributed by atoms with E-state index in [9.17, 15) is 24.0 Å². The molecule has 0 radical (unpaired) electrons. The third-order valence-corrected chi connectivity index (χ3v) is 7.31. The number of nitrogens with one attached hydrogen (secondary N) is 2. The molecule has 4 N–H and O–H groups in total. The number of nitrogens with zero attached hydrogens (tertiary/aromatic N) is 1. The zero-order valence-corrected chi connectivity index (χ0v) is 24.8. The van der Waals surface area contributed by atoms with Crippen molar-refractivity contribution in [1.29, 1.82) is 0 Å². The summed E-state index contributed by atoms with van der Waals surface area (Å²) in [5.74, 6) is -3.29. The Morgan fingerprint density at radius 1 is 0.864 bits per heavy atom. The summed E-state index contributed by atoms with van der Waals surface area (Å²) in [7, 11) is 1.41. The first kappa shape index (κ1) is 34.0. The zero-order valence-electron chi connectivity index (χ0n) is 24.8. The van der Waals surface area contributed by atoms with Crippen LogP contribution in [0.3, 0.4) is 0 Å². The van der Waals surface area contributed by atoms with E-state index in [2.05, 4.69) is 10.6 Å². The highest BCUT2D eigenvalue weighted by Gasteiger charge is 2.30. The SMILES string of the molecule is CC(C(=O)O)N(C)C(=O)CCOCCOCCNC(=O)C(CCC(=O)O)NC(=O)OCC1c2ccccc2-c2ccccc21. The van der Waals surface area contributed by atoms with Crippen molar-refractivity contribution in [2.24, 2.45) is 0 Å². The van der Waals surface area contributed by atoms with Gasteiger partial charge in [-0.1, -0.05) is 48.5 Å². The van der Waals surface area contributed by atoms with Gasteiger partial charge >= 0.3 is 18.0 Å². The minimum Gasteiger partial charge on any atom is -0.481 e. The van der Waals surface area contributed by atoms with E-state index in [1.165, 1.54) is 14.0 Å². The summed E-state index contributed by atoms with van der Waals surface area (Å²) in [6, 6.07) is 13.7. The molecule has 0 aromatic heterocycles. The third kappa shape index (κ3) is 9.78. The van der Waals surface area contributed by atoms with Gasteiger partial charge in [-0.25, -0.2) is 9.59 Å². The number of carbonyl (C=O) groups excluding carboxylic acids is 3. The standard InChI is InChI=1S/C31H39N3O10/c1-20(30(39)40)34(2)27(35)13-15-42-17-18-43-16-14-32-29(38)26(11-12-28(36)37)33-31(41)44-19-25-23-9-5-3-7-21(23)22-8-4-6-10-24(22)25/h3-10,20,25-26H,11-19H2,1-2H3,(H,32,38)(H,33,41)(H,36,37)(H,39,40). The van der Waals surface area contributed by atoms with E-state index in [1.807, 2.05) is 48.5 Å². The molecule has 2 atom stereocenters. The first-order valence-electron chi connectivity index (χ1n) is 14.3. The molecular weight excluding hydrogens is 574 g/mol. The van der Waals surface area contributed by atoms with Crippen molar-refractivity contribution in [3.63, 3.8) is 0 Å². The Balaban J connectivity index is 1.37. The highest BCUT2D eigenvalue weighted by Crippen LogP contribution is 2.44. The van der Waals surface area contributed by atoms with Crippen molar-refractivity contribution in [1.82, 2.24) is 15.5 Å². The summed E-state index contributed by atoms with van der Waals surface area (Å²) in [6.07, 6.45) is -1.26. The fourth-order valence-electron chi connectivity index (χ4n) is 4.73. The summed E-state index contributed by atoms with van der Waals surface area (Å²) in [5, 5.41) is 23.2. The fraction of sp³-hybridized carbons (Fsp3) is 0.452. The van der Waals surface area contributed by atoms with Crippen molar-refractivity contribution >= 4 is 29.8 Å². The number of carboxylic acid groups (broad SMARTS) is 2.